The van der Waals surface area contributed by atoms with Crippen LogP contribution in [0.1, 0.15) is 107 Å². The van der Waals surface area contributed by atoms with Crippen molar-refractivity contribution in [3.63, 3.8) is 0 Å². The van der Waals surface area contributed by atoms with Gasteiger partial charge in [0.2, 0.25) is 0 Å². The first-order valence-electron chi connectivity index (χ1n) is 11.4. The van der Waals surface area contributed by atoms with Gasteiger partial charge in [-0.2, -0.15) is 0 Å². The fourth-order valence-electron chi connectivity index (χ4n) is 4.51. The molecule has 2 aliphatic rings. The Kier molecular flexibility index (Phi) is 6.98. The molecule has 0 saturated carbocycles. The molecule has 1 heterocycles. The zero-order valence-corrected chi connectivity index (χ0v) is 20.6. The first-order chi connectivity index (χ1) is 14.0. The van der Waals surface area contributed by atoms with Crippen molar-refractivity contribution in [2.75, 3.05) is 6.61 Å². The molecule has 0 saturated heterocycles. The Labute approximate surface area is 186 Å². The number of thiophene rings is 1. The molecule has 0 fully saturated rings. The normalized spacial score (nSPS) is 20.0. The molecule has 3 rings (SSSR count). The van der Waals surface area contributed by atoms with Gasteiger partial charge in [0.1, 0.15) is 0 Å². The van der Waals surface area contributed by atoms with Gasteiger partial charge in [0.25, 0.3) is 0 Å². The molecule has 0 spiro atoms. The SMILES string of the molecule is CCOC(=O)C(OC(C)(C)C)c1c(C)sc(C2=CCCCC2)c1C1=CCC(C)(C)C1. The monoisotopic (exact) mass is 430 g/mol. The van der Waals surface area contributed by atoms with E-state index < -0.39 is 11.7 Å². The third-order valence-electron chi connectivity index (χ3n) is 5.84. The van der Waals surface area contributed by atoms with E-state index in [-0.39, 0.29) is 11.4 Å². The van der Waals surface area contributed by atoms with E-state index in [0.29, 0.717) is 6.61 Å². The highest BCUT2D eigenvalue weighted by Crippen LogP contribution is 2.50. The van der Waals surface area contributed by atoms with Crippen LogP contribution in [0.25, 0.3) is 11.1 Å². The molecule has 166 valence electrons. The van der Waals surface area contributed by atoms with Gasteiger partial charge in [-0.25, -0.2) is 4.79 Å². The summed E-state index contributed by atoms with van der Waals surface area (Å²) in [6, 6.07) is 0. The summed E-state index contributed by atoms with van der Waals surface area (Å²) < 4.78 is 11.8. The molecule has 3 nitrogen and oxygen atoms in total. The molecule has 1 aromatic rings. The van der Waals surface area contributed by atoms with Crippen LogP contribution in [0.3, 0.4) is 0 Å². The molecule has 0 N–H and O–H groups in total. The molecule has 0 aromatic carbocycles. The lowest BCUT2D eigenvalue weighted by molar-refractivity contribution is -0.166. The van der Waals surface area contributed by atoms with Crippen molar-refractivity contribution >= 4 is 28.5 Å². The topological polar surface area (TPSA) is 35.5 Å². The fourth-order valence-corrected chi connectivity index (χ4v) is 5.79. The third kappa shape index (κ3) is 5.26. The summed E-state index contributed by atoms with van der Waals surface area (Å²) in [7, 11) is 0. The fraction of sp³-hybridized carbons (Fsp3) is 0.654. The lowest BCUT2D eigenvalue weighted by atomic mass is 9.85. The Morgan fingerprint density at radius 3 is 2.47 bits per heavy atom. The number of aryl methyl sites for hydroxylation is 1. The summed E-state index contributed by atoms with van der Waals surface area (Å²) >= 11 is 1.83. The standard InChI is InChI=1S/C26H38O3S/c1-8-28-24(27)22(29-25(3,4)5)20-17(2)30-23(18-12-10-9-11-13-18)21(20)19-14-15-26(6,7)16-19/h12,14,22H,8-11,13,15-16H2,1-7H3. The average Bonchev–Trinajstić information content (AvgIpc) is 3.19. The van der Waals surface area contributed by atoms with Gasteiger partial charge in [0.05, 0.1) is 12.2 Å². The molecule has 0 aliphatic heterocycles. The largest absolute Gasteiger partial charge is 0.464 e. The van der Waals surface area contributed by atoms with Gasteiger partial charge in [-0.05, 0) is 89.7 Å². The van der Waals surface area contributed by atoms with Crippen LogP contribution in [0.5, 0.6) is 0 Å². The lowest BCUT2D eigenvalue weighted by Crippen LogP contribution is -2.29. The molecule has 1 atom stereocenters. The molecule has 30 heavy (non-hydrogen) atoms. The van der Waals surface area contributed by atoms with Crippen LogP contribution in [-0.2, 0) is 14.3 Å². The number of esters is 1. The molecule has 0 amide bonds. The smallest absolute Gasteiger partial charge is 0.340 e. The Balaban J connectivity index is 2.17. The number of ether oxygens (including phenoxy) is 2. The van der Waals surface area contributed by atoms with E-state index in [4.69, 9.17) is 9.47 Å². The second kappa shape index (κ2) is 9.00. The van der Waals surface area contributed by atoms with Crippen molar-refractivity contribution < 1.29 is 14.3 Å². The maximum atomic E-state index is 13.1. The number of hydrogen-bond acceptors (Lipinski definition) is 4. The molecular weight excluding hydrogens is 392 g/mol. The summed E-state index contributed by atoms with van der Waals surface area (Å²) in [5, 5.41) is 0. The van der Waals surface area contributed by atoms with E-state index in [2.05, 4.69) is 32.9 Å². The van der Waals surface area contributed by atoms with Crippen molar-refractivity contribution in [2.45, 2.75) is 98.7 Å². The molecule has 4 heteroatoms. The molecule has 1 aromatic heterocycles. The highest BCUT2D eigenvalue weighted by atomic mass is 32.1. The predicted molar refractivity (Wildman–Crippen MR) is 127 cm³/mol. The van der Waals surface area contributed by atoms with Gasteiger partial charge in [0.15, 0.2) is 6.10 Å². The van der Waals surface area contributed by atoms with Gasteiger partial charge in [-0.1, -0.05) is 26.0 Å². The molecule has 0 bridgehead atoms. The van der Waals surface area contributed by atoms with Crippen molar-refractivity contribution in [3.05, 3.63) is 33.0 Å². The first kappa shape index (κ1) is 23.3. The number of carbonyl (C=O) groups is 1. The maximum Gasteiger partial charge on any atom is 0.340 e. The van der Waals surface area contributed by atoms with Gasteiger partial charge in [0, 0.05) is 20.9 Å². The van der Waals surface area contributed by atoms with Crippen LogP contribution in [0.4, 0.5) is 0 Å². The highest BCUT2D eigenvalue weighted by molar-refractivity contribution is 7.13. The van der Waals surface area contributed by atoms with Gasteiger partial charge < -0.3 is 9.47 Å². The van der Waals surface area contributed by atoms with Gasteiger partial charge in [-0.15, -0.1) is 11.3 Å². The second-order valence-electron chi connectivity index (χ2n) is 10.4. The number of allylic oxidation sites excluding steroid dienone is 4. The first-order valence-corrected chi connectivity index (χ1v) is 12.2. The van der Waals surface area contributed by atoms with E-state index in [1.54, 1.807) is 0 Å². The Morgan fingerprint density at radius 2 is 1.93 bits per heavy atom. The van der Waals surface area contributed by atoms with Crippen molar-refractivity contribution in [3.8, 4) is 0 Å². The number of hydrogen-bond donors (Lipinski definition) is 0. The van der Waals surface area contributed by atoms with Crippen LogP contribution in [0, 0.1) is 12.3 Å². The van der Waals surface area contributed by atoms with E-state index in [1.807, 2.05) is 39.0 Å². The Morgan fingerprint density at radius 1 is 1.20 bits per heavy atom. The minimum atomic E-state index is -0.696. The zero-order chi connectivity index (χ0) is 22.1. The zero-order valence-electron chi connectivity index (χ0n) is 19.8. The van der Waals surface area contributed by atoms with Crippen molar-refractivity contribution in [1.29, 1.82) is 0 Å². The summed E-state index contributed by atoms with van der Waals surface area (Å²) in [4.78, 5) is 15.6. The quantitative estimate of drug-likeness (QED) is 0.435. The summed E-state index contributed by atoms with van der Waals surface area (Å²) in [6.07, 6.45) is 11.0. The van der Waals surface area contributed by atoms with Crippen LogP contribution in [-0.4, -0.2) is 18.2 Å². The average molecular weight is 431 g/mol. The predicted octanol–water partition coefficient (Wildman–Crippen LogP) is 7.64. The van der Waals surface area contributed by atoms with Crippen LogP contribution in [0.15, 0.2) is 12.2 Å². The lowest BCUT2D eigenvalue weighted by Gasteiger charge is -2.28. The van der Waals surface area contributed by atoms with E-state index >= 15 is 0 Å². The van der Waals surface area contributed by atoms with E-state index in [9.17, 15) is 4.79 Å². The van der Waals surface area contributed by atoms with Crippen molar-refractivity contribution in [1.82, 2.24) is 0 Å². The van der Waals surface area contributed by atoms with Crippen LogP contribution < -0.4 is 0 Å². The molecule has 2 aliphatic carbocycles. The molecular formula is C26H38O3S. The highest BCUT2D eigenvalue weighted by Gasteiger charge is 2.37. The maximum absolute atomic E-state index is 13.1. The van der Waals surface area contributed by atoms with Gasteiger partial charge in [-0.3, -0.25) is 0 Å². The Hall–Kier alpha value is -1.39. The summed E-state index contributed by atoms with van der Waals surface area (Å²) in [5.74, 6) is -0.281. The third-order valence-corrected chi connectivity index (χ3v) is 7.04. The number of carbonyl (C=O) groups excluding carboxylic acids is 1. The minimum absolute atomic E-state index is 0.255. The van der Waals surface area contributed by atoms with Crippen molar-refractivity contribution in [2.24, 2.45) is 5.41 Å². The van der Waals surface area contributed by atoms with E-state index in [0.717, 1.165) is 31.2 Å². The Bertz CT molecular complexity index is 848. The molecule has 1 unspecified atom stereocenters. The molecule has 0 radical (unpaired) electrons. The van der Waals surface area contributed by atoms with Crippen LogP contribution >= 0.6 is 11.3 Å². The second-order valence-corrected chi connectivity index (χ2v) is 11.6. The summed E-state index contributed by atoms with van der Waals surface area (Å²) in [6.45, 7) is 15.0. The van der Waals surface area contributed by atoms with Crippen LogP contribution in [0.2, 0.25) is 0 Å². The van der Waals surface area contributed by atoms with Gasteiger partial charge >= 0.3 is 5.97 Å². The minimum Gasteiger partial charge on any atom is -0.464 e. The number of rotatable bonds is 6. The summed E-state index contributed by atoms with van der Waals surface area (Å²) in [5.41, 5.74) is 4.89. The van der Waals surface area contributed by atoms with E-state index in [1.165, 1.54) is 39.3 Å².